The Morgan fingerprint density at radius 2 is 1.95 bits per heavy atom. The van der Waals surface area contributed by atoms with Crippen LogP contribution in [0.1, 0.15) is 32.8 Å². The molecule has 0 aliphatic carbocycles. The van der Waals surface area contributed by atoms with Crippen molar-refractivity contribution in [1.82, 2.24) is 10.2 Å². The van der Waals surface area contributed by atoms with Crippen molar-refractivity contribution in [2.45, 2.75) is 33.7 Å². The number of hydrogen-bond donors (Lipinski definition) is 1. The maximum absolute atomic E-state index is 13.1. The molecular weight excluding hydrogens is 239 g/mol. The van der Waals surface area contributed by atoms with Gasteiger partial charge in [0, 0.05) is 19.6 Å². The van der Waals surface area contributed by atoms with Crippen molar-refractivity contribution in [1.29, 1.82) is 0 Å². The summed E-state index contributed by atoms with van der Waals surface area (Å²) in [6.07, 6.45) is 1.18. The van der Waals surface area contributed by atoms with Crippen LogP contribution in [0.5, 0.6) is 0 Å². The predicted molar refractivity (Wildman–Crippen MR) is 79.7 cm³/mol. The van der Waals surface area contributed by atoms with Crippen LogP contribution in [0.3, 0.4) is 0 Å². The molecule has 1 aromatic carbocycles. The second kappa shape index (κ2) is 7.61. The van der Waals surface area contributed by atoms with Crippen molar-refractivity contribution in [3.8, 4) is 0 Å². The highest BCUT2D eigenvalue weighted by Gasteiger charge is 2.08. The van der Waals surface area contributed by atoms with Gasteiger partial charge in [0.1, 0.15) is 5.82 Å². The van der Waals surface area contributed by atoms with Gasteiger partial charge in [-0.2, -0.15) is 0 Å². The molecule has 2 nitrogen and oxygen atoms in total. The standard InChI is InChI=1S/C16H27FN2/c1-16(2,3)8-9-18-10-11-19(4)13-14-6-5-7-15(17)12-14/h5-7,12,18H,8-11,13H2,1-4H3. The van der Waals surface area contributed by atoms with Gasteiger partial charge in [0.15, 0.2) is 0 Å². The van der Waals surface area contributed by atoms with Crippen LogP contribution in [-0.4, -0.2) is 31.6 Å². The molecule has 1 N–H and O–H groups in total. The SMILES string of the molecule is CN(CCNCCC(C)(C)C)Cc1cccc(F)c1. The Labute approximate surface area is 117 Å². The molecule has 0 heterocycles. The van der Waals surface area contributed by atoms with Crippen LogP contribution >= 0.6 is 0 Å². The van der Waals surface area contributed by atoms with Crippen molar-refractivity contribution < 1.29 is 4.39 Å². The first-order valence-electron chi connectivity index (χ1n) is 7.00. The van der Waals surface area contributed by atoms with E-state index in [1.54, 1.807) is 12.1 Å². The zero-order chi connectivity index (χ0) is 14.3. The van der Waals surface area contributed by atoms with Crippen molar-refractivity contribution in [3.05, 3.63) is 35.6 Å². The molecule has 108 valence electrons. The first-order valence-corrected chi connectivity index (χ1v) is 7.00. The number of nitrogens with one attached hydrogen (secondary N) is 1. The van der Waals surface area contributed by atoms with E-state index in [2.05, 4.69) is 38.0 Å². The highest BCUT2D eigenvalue weighted by molar-refractivity contribution is 5.15. The van der Waals surface area contributed by atoms with Gasteiger partial charge in [-0.15, -0.1) is 0 Å². The van der Waals surface area contributed by atoms with E-state index in [0.717, 1.165) is 31.7 Å². The number of nitrogens with zero attached hydrogens (tertiary/aromatic N) is 1. The van der Waals surface area contributed by atoms with Crippen LogP contribution in [0.4, 0.5) is 4.39 Å². The quantitative estimate of drug-likeness (QED) is 0.762. The summed E-state index contributed by atoms with van der Waals surface area (Å²) in [5, 5.41) is 3.45. The number of benzene rings is 1. The van der Waals surface area contributed by atoms with Crippen molar-refractivity contribution in [2.24, 2.45) is 5.41 Å². The fraction of sp³-hybridized carbons (Fsp3) is 0.625. The second-order valence-electron chi connectivity index (χ2n) is 6.43. The highest BCUT2D eigenvalue weighted by Crippen LogP contribution is 2.16. The molecule has 0 aliphatic rings. The molecule has 0 saturated carbocycles. The highest BCUT2D eigenvalue weighted by atomic mass is 19.1. The van der Waals surface area contributed by atoms with E-state index < -0.39 is 0 Å². The van der Waals surface area contributed by atoms with Gasteiger partial charge < -0.3 is 10.2 Å². The molecule has 0 amide bonds. The topological polar surface area (TPSA) is 15.3 Å². The lowest BCUT2D eigenvalue weighted by molar-refractivity contribution is 0.314. The van der Waals surface area contributed by atoms with Gasteiger partial charge in [0.05, 0.1) is 0 Å². The molecule has 1 rings (SSSR count). The maximum atomic E-state index is 13.1. The third-order valence-corrected chi connectivity index (χ3v) is 3.06. The molecule has 1 aromatic rings. The zero-order valence-electron chi connectivity index (χ0n) is 12.7. The lowest BCUT2D eigenvalue weighted by Gasteiger charge is -2.20. The third-order valence-electron chi connectivity index (χ3n) is 3.06. The number of halogens is 1. The molecule has 0 fully saturated rings. The largest absolute Gasteiger partial charge is 0.315 e. The summed E-state index contributed by atoms with van der Waals surface area (Å²) in [6.45, 7) is 10.6. The Hall–Kier alpha value is -0.930. The molecule has 19 heavy (non-hydrogen) atoms. The van der Waals surface area contributed by atoms with E-state index >= 15 is 0 Å². The minimum atomic E-state index is -0.158. The average Bonchev–Trinajstić information content (AvgIpc) is 2.26. The Balaban J connectivity index is 2.16. The lowest BCUT2D eigenvalue weighted by atomic mass is 9.92. The van der Waals surface area contributed by atoms with Crippen LogP contribution < -0.4 is 5.32 Å². The Morgan fingerprint density at radius 3 is 2.58 bits per heavy atom. The van der Waals surface area contributed by atoms with Crippen molar-refractivity contribution in [2.75, 3.05) is 26.7 Å². The number of hydrogen-bond acceptors (Lipinski definition) is 2. The molecule has 0 aliphatic heterocycles. The van der Waals surface area contributed by atoms with E-state index in [1.165, 1.54) is 12.5 Å². The molecule has 0 bridgehead atoms. The first-order chi connectivity index (χ1) is 8.87. The van der Waals surface area contributed by atoms with E-state index in [1.807, 2.05) is 6.07 Å². The molecule has 0 radical (unpaired) electrons. The summed E-state index contributed by atoms with van der Waals surface area (Å²) >= 11 is 0. The Kier molecular flexibility index (Phi) is 6.46. The number of likely N-dealkylation sites (N-methyl/N-ethyl adjacent to an activating group) is 1. The third kappa shape index (κ3) is 7.96. The van der Waals surface area contributed by atoms with Crippen LogP contribution in [0, 0.1) is 11.2 Å². The van der Waals surface area contributed by atoms with E-state index in [4.69, 9.17) is 0 Å². The smallest absolute Gasteiger partial charge is 0.123 e. The monoisotopic (exact) mass is 266 g/mol. The van der Waals surface area contributed by atoms with Crippen molar-refractivity contribution in [3.63, 3.8) is 0 Å². The maximum Gasteiger partial charge on any atom is 0.123 e. The molecular formula is C16H27FN2. The van der Waals surface area contributed by atoms with Crippen LogP contribution in [0.25, 0.3) is 0 Å². The molecule has 0 spiro atoms. The minimum absolute atomic E-state index is 0.158. The number of rotatable bonds is 7. The van der Waals surface area contributed by atoms with Gasteiger partial charge in [-0.05, 0) is 43.1 Å². The van der Waals surface area contributed by atoms with Gasteiger partial charge >= 0.3 is 0 Å². The van der Waals surface area contributed by atoms with Crippen LogP contribution in [0.15, 0.2) is 24.3 Å². The van der Waals surface area contributed by atoms with Gasteiger partial charge in [-0.1, -0.05) is 32.9 Å². The summed E-state index contributed by atoms with van der Waals surface area (Å²) in [7, 11) is 2.07. The summed E-state index contributed by atoms with van der Waals surface area (Å²) in [5.41, 5.74) is 1.41. The van der Waals surface area contributed by atoms with Gasteiger partial charge in [0.2, 0.25) is 0 Å². The zero-order valence-corrected chi connectivity index (χ0v) is 12.7. The lowest BCUT2D eigenvalue weighted by Crippen LogP contribution is -2.30. The Bertz CT molecular complexity index is 371. The molecule has 0 unspecified atom stereocenters. The summed E-state index contributed by atoms with van der Waals surface area (Å²) in [4.78, 5) is 2.21. The summed E-state index contributed by atoms with van der Waals surface area (Å²) < 4.78 is 13.1. The van der Waals surface area contributed by atoms with E-state index in [9.17, 15) is 4.39 Å². The fourth-order valence-electron chi connectivity index (χ4n) is 1.88. The van der Waals surface area contributed by atoms with Crippen molar-refractivity contribution >= 4 is 0 Å². The van der Waals surface area contributed by atoms with Gasteiger partial charge in [-0.3, -0.25) is 0 Å². The second-order valence-corrected chi connectivity index (χ2v) is 6.43. The van der Waals surface area contributed by atoms with E-state index in [0.29, 0.717) is 5.41 Å². The minimum Gasteiger partial charge on any atom is -0.315 e. The average molecular weight is 266 g/mol. The predicted octanol–water partition coefficient (Wildman–Crippen LogP) is 3.28. The molecule has 0 aromatic heterocycles. The Morgan fingerprint density at radius 1 is 1.21 bits per heavy atom. The molecule has 0 atom stereocenters. The summed E-state index contributed by atoms with van der Waals surface area (Å²) in [6, 6.07) is 6.81. The van der Waals surface area contributed by atoms with Crippen LogP contribution in [0.2, 0.25) is 0 Å². The normalized spacial score (nSPS) is 12.1. The van der Waals surface area contributed by atoms with Gasteiger partial charge in [-0.25, -0.2) is 4.39 Å². The van der Waals surface area contributed by atoms with Gasteiger partial charge in [0.25, 0.3) is 0 Å². The van der Waals surface area contributed by atoms with Crippen LogP contribution in [-0.2, 0) is 6.54 Å². The summed E-state index contributed by atoms with van der Waals surface area (Å²) in [5.74, 6) is -0.158. The molecule has 3 heteroatoms. The van der Waals surface area contributed by atoms with E-state index in [-0.39, 0.29) is 5.82 Å². The molecule has 0 saturated heterocycles. The first kappa shape index (κ1) is 16.1. The fourth-order valence-corrected chi connectivity index (χ4v) is 1.88.